The molecule has 3 N–H and O–H groups in total. The molecule has 6 heteroatoms. The van der Waals surface area contributed by atoms with Crippen LogP contribution in [0.25, 0.3) is 82.5 Å². The van der Waals surface area contributed by atoms with E-state index in [4.69, 9.17) is 8.83 Å². The minimum atomic E-state index is -0.199. The average Bonchev–Trinajstić information content (AvgIpc) is 3.97. The second-order valence-corrected chi connectivity index (χ2v) is 14.9. The van der Waals surface area contributed by atoms with Crippen molar-refractivity contribution in [1.82, 2.24) is 20.5 Å². The maximum atomic E-state index is 6.88. The molecule has 11 aromatic rings. The lowest BCUT2D eigenvalue weighted by molar-refractivity contribution is 0.203. The molecule has 3 aromatic heterocycles. The molecule has 1 aliphatic rings. The van der Waals surface area contributed by atoms with Crippen LogP contribution < -0.4 is 16.0 Å². The maximum Gasteiger partial charge on any atom is 0.159 e. The fourth-order valence-electron chi connectivity index (χ4n) is 9.24. The van der Waals surface area contributed by atoms with Crippen LogP contribution in [0.1, 0.15) is 35.2 Å². The SMILES string of the molecule is c1ccc(C2NC(c3ccccc3)NC(c3cccc4c3oc3cccc(-c5cccc6oc7c(-n8c9ccccc9c9ccccc98)cccc7c56)c34)N2)cc1. The quantitative estimate of drug-likeness (QED) is 0.164. The van der Waals surface area contributed by atoms with Crippen LogP contribution in [0.5, 0.6) is 0 Å². The van der Waals surface area contributed by atoms with Gasteiger partial charge in [0.15, 0.2) is 5.58 Å². The maximum absolute atomic E-state index is 6.88. The molecule has 1 saturated heterocycles. The number of rotatable bonds is 5. The molecule has 1 fully saturated rings. The summed E-state index contributed by atoms with van der Waals surface area (Å²) < 4.78 is 16.1. The minimum absolute atomic E-state index is 0.0859. The lowest BCUT2D eigenvalue weighted by Crippen LogP contribution is -2.54. The van der Waals surface area contributed by atoms with Gasteiger partial charge in [-0.15, -0.1) is 0 Å². The van der Waals surface area contributed by atoms with Crippen LogP contribution in [-0.2, 0) is 0 Å². The molecular formula is C51H36N4O2. The van der Waals surface area contributed by atoms with Crippen molar-refractivity contribution in [2.24, 2.45) is 0 Å². The second kappa shape index (κ2) is 12.8. The number of aromatic nitrogens is 1. The Hall–Kier alpha value is -6.96. The van der Waals surface area contributed by atoms with Gasteiger partial charge in [0.05, 0.1) is 35.2 Å². The smallest absolute Gasteiger partial charge is 0.159 e. The minimum Gasteiger partial charge on any atom is -0.456 e. The molecule has 57 heavy (non-hydrogen) atoms. The topological polar surface area (TPSA) is 67.3 Å². The van der Waals surface area contributed by atoms with Crippen LogP contribution in [0, 0.1) is 0 Å². The Kier molecular flexibility index (Phi) is 7.25. The van der Waals surface area contributed by atoms with Gasteiger partial charge in [0.2, 0.25) is 0 Å². The molecular weight excluding hydrogens is 701 g/mol. The molecule has 1 aliphatic heterocycles. The summed E-state index contributed by atoms with van der Waals surface area (Å²) in [7, 11) is 0. The molecule has 272 valence electrons. The lowest BCUT2D eigenvalue weighted by Gasteiger charge is -2.39. The molecule has 0 saturated carbocycles. The first-order valence-electron chi connectivity index (χ1n) is 19.5. The van der Waals surface area contributed by atoms with Gasteiger partial charge < -0.3 is 13.4 Å². The summed E-state index contributed by atoms with van der Waals surface area (Å²) in [6.45, 7) is 0. The molecule has 2 atom stereocenters. The second-order valence-electron chi connectivity index (χ2n) is 14.9. The van der Waals surface area contributed by atoms with Gasteiger partial charge in [0.25, 0.3) is 0 Å². The Bertz CT molecular complexity index is 3210. The van der Waals surface area contributed by atoms with Gasteiger partial charge in [-0.05, 0) is 52.6 Å². The number of benzene rings is 8. The zero-order valence-electron chi connectivity index (χ0n) is 30.8. The third kappa shape index (κ3) is 5.02. The predicted octanol–water partition coefficient (Wildman–Crippen LogP) is 12.4. The highest BCUT2D eigenvalue weighted by molar-refractivity contribution is 6.21. The van der Waals surface area contributed by atoms with E-state index in [1.165, 1.54) is 21.9 Å². The Labute approximate surface area is 327 Å². The van der Waals surface area contributed by atoms with Crippen LogP contribution >= 0.6 is 0 Å². The molecule has 0 spiro atoms. The number of fused-ring (bicyclic) bond motifs is 9. The van der Waals surface area contributed by atoms with Crippen molar-refractivity contribution in [3.05, 3.63) is 199 Å². The van der Waals surface area contributed by atoms with Crippen LogP contribution in [0.15, 0.2) is 191 Å². The highest BCUT2D eigenvalue weighted by Crippen LogP contribution is 2.45. The summed E-state index contributed by atoms with van der Waals surface area (Å²) in [6.07, 6.45) is -0.371. The van der Waals surface area contributed by atoms with E-state index in [9.17, 15) is 0 Å². The molecule has 4 heterocycles. The fourth-order valence-corrected chi connectivity index (χ4v) is 9.24. The number of nitrogens with one attached hydrogen (secondary N) is 3. The van der Waals surface area contributed by atoms with Crippen molar-refractivity contribution in [2.45, 2.75) is 18.5 Å². The van der Waals surface area contributed by atoms with Crippen molar-refractivity contribution in [1.29, 1.82) is 0 Å². The summed E-state index contributed by atoms with van der Waals surface area (Å²) in [5.74, 6) is 0. The van der Waals surface area contributed by atoms with Crippen LogP contribution in [0.2, 0.25) is 0 Å². The van der Waals surface area contributed by atoms with Crippen molar-refractivity contribution in [2.75, 3.05) is 0 Å². The van der Waals surface area contributed by atoms with Crippen molar-refractivity contribution in [3.63, 3.8) is 0 Å². The molecule has 6 nitrogen and oxygen atoms in total. The summed E-state index contributed by atoms with van der Waals surface area (Å²) in [4.78, 5) is 0. The summed E-state index contributed by atoms with van der Waals surface area (Å²) in [5.41, 5.74) is 12.4. The van der Waals surface area contributed by atoms with E-state index in [1.54, 1.807) is 0 Å². The van der Waals surface area contributed by atoms with Gasteiger partial charge in [0.1, 0.15) is 16.7 Å². The molecule has 12 rings (SSSR count). The van der Waals surface area contributed by atoms with Gasteiger partial charge >= 0.3 is 0 Å². The third-order valence-corrected chi connectivity index (χ3v) is 11.7. The summed E-state index contributed by atoms with van der Waals surface area (Å²) in [6, 6.07) is 64.1. The van der Waals surface area contributed by atoms with Crippen LogP contribution in [0.3, 0.4) is 0 Å². The number of nitrogens with zero attached hydrogens (tertiary/aromatic N) is 1. The summed E-state index contributed by atoms with van der Waals surface area (Å²) in [5, 5.41) is 18.3. The van der Waals surface area contributed by atoms with Gasteiger partial charge in [0, 0.05) is 37.9 Å². The standard InChI is InChI=1S/C51H36N4O2/c1-3-15-31(16-4-1)49-52-50(32-17-5-2-6-18-32)54-51(53-49)39-25-11-23-37-45-35(21-13-29-43(45)56-47(37)39)36-22-14-30-44-46(36)38-24-12-28-42(48(38)57-44)55-40-26-9-7-19-33(40)34-20-8-10-27-41(34)55/h1-30,49-54H. The number of hydrogen-bond donors (Lipinski definition) is 3. The Balaban J connectivity index is 1.03. The first kappa shape index (κ1) is 32.3. The average molecular weight is 737 g/mol. The van der Waals surface area contributed by atoms with E-state index in [2.05, 4.69) is 203 Å². The van der Waals surface area contributed by atoms with E-state index in [0.29, 0.717) is 0 Å². The molecule has 8 aromatic carbocycles. The summed E-state index contributed by atoms with van der Waals surface area (Å²) >= 11 is 0. The van der Waals surface area contributed by atoms with Crippen LogP contribution in [0.4, 0.5) is 0 Å². The third-order valence-electron chi connectivity index (χ3n) is 11.7. The van der Waals surface area contributed by atoms with E-state index < -0.39 is 0 Å². The molecule has 0 bridgehead atoms. The Morgan fingerprint density at radius 3 is 1.42 bits per heavy atom. The van der Waals surface area contributed by atoms with Crippen molar-refractivity contribution < 1.29 is 8.83 Å². The highest BCUT2D eigenvalue weighted by Gasteiger charge is 2.32. The van der Waals surface area contributed by atoms with E-state index in [0.717, 1.165) is 77.3 Å². The molecule has 2 unspecified atom stereocenters. The van der Waals surface area contributed by atoms with Crippen LogP contribution in [-0.4, -0.2) is 4.57 Å². The highest BCUT2D eigenvalue weighted by atomic mass is 16.3. The van der Waals surface area contributed by atoms with E-state index in [-0.39, 0.29) is 18.5 Å². The lowest BCUT2D eigenvalue weighted by atomic mass is 9.94. The van der Waals surface area contributed by atoms with Gasteiger partial charge in [-0.1, -0.05) is 152 Å². The van der Waals surface area contributed by atoms with E-state index in [1.807, 2.05) is 0 Å². The zero-order chi connectivity index (χ0) is 37.5. The molecule has 0 amide bonds. The van der Waals surface area contributed by atoms with Gasteiger partial charge in [-0.25, -0.2) is 0 Å². The number of para-hydroxylation sites is 4. The first-order chi connectivity index (χ1) is 28.3. The predicted molar refractivity (Wildman–Crippen MR) is 231 cm³/mol. The Morgan fingerprint density at radius 2 is 0.825 bits per heavy atom. The number of hydrogen-bond acceptors (Lipinski definition) is 5. The monoisotopic (exact) mass is 736 g/mol. The van der Waals surface area contributed by atoms with E-state index >= 15 is 0 Å². The fraction of sp³-hybridized carbons (Fsp3) is 0.0588. The zero-order valence-corrected chi connectivity index (χ0v) is 30.8. The van der Waals surface area contributed by atoms with Gasteiger partial charge in [-0.3, -0.25) is 16.0 Å². The number of furan rings is 2. The van der Waals surface area contributed by atoms with Gasteiger partial charge in [-0.2, -0.15) is 0 Å². The molecule has 0 radical (unpaired) electrons. The Morgan fingerprint density at radius 1 is 0.368 bits per heavy atom. The molecule has 0 aliphatic carbocycles. The largest absolute Gasteiger partial charge is 0.456 e. The first-order valence-corrected chi connectivity index (χ1v) is 19.5. The van der Waals surface area contributed by atoms with Crippen molar-refractivity contribution >= 4 is 65.7 Å². The normalized spacial score (nSPS) is 17.4. The van der Waals surface area contributed by atoms with Crippen molar-refractivity contribution in [3.8, 4) is 16.8 Å².